The molecular formula is C24H16F2N2O4S. The van der Waals surface area contributed by atoms with E-state index in [0.717, 1.165) is 40.7 Å². The summed E-state index contributed by atoms with van der Waals surface area (Å²) >= 11 is 1.03. The lowest BCUT2D eigenvalue weighted by atomic mass is 10.0. The van der Waals surface area contributed by atoms with Crippen molar-refractivity contribution in [3.63, 3.8) is 0 Å². The first-order chi connectivity index (χ1) is 15.9. The average molecular weight is 466 g/mol. The first-order valence-electron chi connectivity index (χ1n) is 9.66. The zero-order valence-corrected chi connectivity index (χ0v) is 17.7. The molecule has 0 radical (unpaired) electrons. The monoisotopic (exact) mass is 466 g/mol. The van der Waals surface area contributed by atoms with Crippen molar-refractivity contribution in [3.8, 4) is 28.1 Å². The molecule has 0 unspecified atom stereocenters. The molecule has 0 aliphatic heterocycles. The number of thiazole rings is 1. The minimum absolute atomic E-state index is 0.0195. The Kier molecular flexibility index (Phi) is 6.41. The van der Waals surface area contributed by atoms with Crippen molar-refractivity contribution in [2.75, 3.05) is 11.9 Å². The number of amides is 1. The van der Waals surface area contributed by atoms with Crippen LogP contribution in [0.15, 0.2) is 72.1 Å². The summed E-state index contributed by atoms with van der Waals surface area (Å²) < 4.78 is 32.3. The quantitative estimate of drug-likeness (QED) is 0.379. The molecule has 1 amide bonds. The number of hydrogen-bond acceptors (Lipinski definition) is 6. The van der Waals surface area contributed by atoms with E-state index in [1.807, 2.05) is 0 Å². The summed E-state index contributed by atoms with van der Waals surface area (Å²) in [7, 11) is 0. The van der Waals surface area contributed by atoms with E-state index in [2.05, 4.69) is 10.3 Å². The normalized spacial score (nSPS) is 10.6. The van der Waals surface area contributed by atoms with Crippen LogP contribution in [-0.2, 0) is 9.53 Å². The van der Waals surface area contributed by atoms with Crippen molar-refractivity contribution in [3.05, 3.63) is 89.3 Å². The number of ether oxygens (including phenoxy) is 1. The van der Waals surface area contributed by atoms with Gasteiger partial charge in [-0.05, 0) is 53.6 Å². The predicted octanol–water partition coefficient (Wildman–Crippen LogP) is 5.26. The first-order valence-corrected chi connectivity index (χ1v) is 10.5. The molecule has 0 fully saturated rings. The molecule has 9 heteroatoms. The third-order valence-electron chi connectivity index (χ3n) is 4.61. The highest BCUT2D eigenvalue weighted by Gasteiger charge is 2.14. The Labute approximate surface area is 191 Å². The van der Waals surface area contributed by atoms with E-state index in [1.165, 1.54) is 5.38 Å². The smallest absolute Gasteiger partial charge is 0.338 e. The molecule has 0 aliphatic rings. The minimum Gasteiger partial charge on any atom is -0.508 e. The molecule has 3 aromatic carbocycles. The zero-order valence-electron chi connectivity index (χ0n) is 16.9. The number of carbonyl (C=O) groups excluding carboxylic acids is 2. The van der Waals surface area contributed by atoms with Gasteiger partial charge in [-0.2, -0.15) is 0 Å². The molecule has 33 heavy (non-hydrogen) atoms. The topological polar surface area (TPSA) is 88.5 Å². The number of esters is 1. The zero-order chi connectivity index (χ0) is 23.4. The molecule has 0 atom stereocenters. The van der Waals surface area contributed by atoms with E-state index in [-0.39, 0.29) is 27.7 Å². The Balaban J connectivity index is 1.32. The maximum absolute atomic E-state index is 13.9. The van der Waals surface area contributed by atoms with Crippen molar-refractivity contribution in [2.24, 2.45) is 0 Å². The fourth-order valence-corrected chi connectivity index (χ4v) is 3.70. The van der Waals surface area contributed by atoms with Gasteiger partial charge in [0.1, 0.15) is 17.4 Å². The number of rotatable bonds is 6. The molecule has 0 saturated heterocycles. The van der Waals surface area contributed by atoms with Gasteiger partial charge in [-0.1, -0.05) is 24.3 Å². The Morgan fingerprint density at radius 1 is 0.970 bits per heavy atom. The van der Waals surface area contributed by atoms with E-state index in [0.29, 0.717) is 0 Å². The van der Waals surface area contributed by atoms with E-state index < -0.39 is 30.1 Å². The Morgan fingerprint density at radius 3 is 2.33 bits per heavy atom. The molecule has 4 aromatic rings. The number of halogens is 2. The van der Waals surface area contributed by atoms with Crippen LogP contribution in [0.2, 0.25) is 0 Å². The van der Waals surface area contributed by atoms with Crippen LogP contribution >= 0.6 is 11.3 Å². The summed E-state index contributed by atoms with van der Waals surface area (Å²) in [4.78, 5) is 28.4. The number of aromatic hydroxyl groups is 1. The lowest BCUT2D eigenvalue weighted by Crippen LogP contribution is -2.20. The standard InChI is InChI=1S/C24H16F2N2O4S/c25-17-7-10-20(26)19(11-17)21-13-33-24(27-21)28-22(30)12-32-23(31)16-3-1-14(2-4-16)15-5-8-18(29)9-6-15/h1-11,13,29H,12H2,(H,27,28,30). The number of nitrogens with zero attached hydrogens (tertiary/aromatic N) is 1. The van der Waals surface area contributed by atoms with E-state index in [4.69, 9.17) is 4.74 Å². The molecule has 2 N–H and O–H groups in total. The maximum atomic E-state index is 13.9. The molecule has 6 nitrogen and oxygen atoms in total. The molecule has 0 saturated carbocycles. The molecule has 1 heterocycles. The third-order valence-corrected chi connectivity index (χ3v) is 5.37. The number of carbonyl (C=O) groups is 2. The lowest BCUT2D eigenvalue weighted by Gasteiger charge is -2.06. The summed E-state index contributed by atoms with van der Waals surface area (Å²) in [6, 6.07) is 16.3. The summed E-state index contributed by atoms with van der Waals surface area (Å²) in [6.07, 6.45) is 0. The second-order valence-electron chi connectivity index (χ2n) is 6.91. The van der Waals surface area contributed by atoms with Crippen molar-refractivity contribution in [1.29, 1.82) is 0 Å². The van der Waals surface area contributed by atoms with Crippen molar-refractivity contribution in [2.45, 2.75) is 0 Å². The molecule has 166 valence electrons. The Bertz CT molecular complexity index is 1310. The number of nitrogens with one attached hydrogen (secondary N) is 1. The van der Waals surface area contributed by atoms with Crippen LogP contribution in [-0.4, -0.2) is 28.6 Å². The van der Waals surface area contributed by atoms with Crippen molar-refractivity contribution < 1.29 is 28.2 Å². The van der Waals surface area contributed by atoms with Gasteiger partial charge < -0.3 is 9.84 Å². The highest BCUT2D eigenvalue weighted by atomic mass is 32.1. The second-order valence-corrected chi connectivity index (χ2v) is 7.77. The Hall–Kier alpha value is -4.11. The second kappa shape index (κ2) is 9.58. The number of aromatic nitrogens is 1. The summed E-state index contributed by atoms with van der Waals surface area (Å²) in [5.74, 6) is -2.38. The van der Waals surface area contributed by atoms with Gasteiger partial charge in [0.15, 0.2) is 11.7 Å². The first kappa shape index (κ1) is 22.1. The number of anilines is 1. The van der Waals surface area contributed by atoms with Crippen LogP contribution < -0.4 is 5.32 Å². The highest BCUT2D eigenvalue weighted by Crippen LogP contribution is 2.27. The van der Waals surface area contributed by atoms with E-state index in [1.54, 1.807) is 48.5 Å². The predicted molar refractivity (Wildman–Crippen MR) is 120 cm³/mol. The molecule has 0 spiro atoms. The summed E-state index contributed by atoms with van der Waals surface area (Å²) in [6.45, 7) is -0.540. The van der Waals surface area contributed by atoms with Crippen LogP contribution in [0.3, 0.4) is 0 Å². The fraction of sp³-hybridized carbons (Fsp3) is 0.0417. The number of hydrogen-bond donors (Lipinski definition) is 2. The van der Waals surface area contributed by atoms with Gasteiger partial charge in [0.25, 0.3) is 5.91 Å². The largest absolute Gasteiger partial charge is 0.508 e. The Morgan fingerprint density at radius 2 is 1.64 bits per heavy atom. The van der Waals surface area contributed by atoms with Gasteiger partial charge >= 0.3 is 5.97 Å². The number of phenolic OH excluding ortho intramolecular Hbond substituents is 1. The molecule has 1 aromatic heterocycles. The molecular weight excluding hydrogens is 450 g/mol. The number of phenols is 1. The summed E-state index contributed by atoms with van der Waals surface area (Å²) in [5, 5.41) is 13.5. The van der Waals surface area contributed by atoms with E-state index in [9.17, 15) is 23.5 Å². The van der Waals surface area contributed by atoms with Gasteiger partial charge in [-0.3, -0.25) is 10.1 Å². The van der Waals surface area contributed by atoms with Gasteiger partial charge in [0.2, 0.25) is 0 Å². The van der Waals surface area contributed by atoms with Crippen molar-refractivity contribution in [1.82, 2.24) is 4.98 Å². The summed E-state index contributed by atoms with van der Waals surface area (Å²) in [5.41, 5.74) is 2.14. The third kappa shape index (κ3) is 5.39. The van der Waals surface area contributed by atoms with Gasteiger partial charge in [0, 0.05) is 10.9 Å². The highest BCUT2D eigenvalue weighted by molar-refractivity contribution is 7.14. The maximum Gasteiger partial charge on any atom is 0.338 e. The van der Waals surface area contributed by atoms with E-state index >= 15 is 0 Å². The van der Waals surface area contributed by atoms with Gasteiger partial charge in [0.05, 0.1) is 11.3 Å². The minimum atomic E-state index is -0.677. The average Bonchev–Trinajstić information content (AvgIpc) is 3.28. The van der Waals surface area contributed by atoms with Crippen LogP contribution in [0.1, 0.15) is 10.4 Å². The van der Waals surface area contributed by atoms with Gasteiger partial charge in [-0.25, -0.2) is 18.6 Å². The van der Waals surface area contributed by atoms with Crippen LogP contribution in [0, 0.1) is 11.6 Å². The van der Waals surface area contributed by atoms with Crippen LogP contribution in [0.25, 0.3) is 22.4 Å². The molecule has 0 aliphatic carbocycles. The number of benzene rings is 3. The van der Waals surface area contributed by atoms with Gasteiger partial charge in [-0.15, -0.1) is 11.3 Å². The molecule has 0 bridgehead atoms. The molecule has 4 rings (SSSR count). The lowest BCUT2D eigenvalue weighted by molar-refractivity contribution is -0.119. The van der Waals surface area contributed by atoms with Crippen LogP contribution in [0.4, 0.5) is 13.9 Å². The van der Waals surface area contributed by atoms with Crippen molar-refractivity contribution >= 4 is 28.3 Å². The van der Waals surface area contributed by atoms with Crippen LogP contribution in [0.5, 0.6) is 5.75 Å². The fourth-order valence-electron chi connectivity index (χ4n) is 2.97. The SMILES string of the molecule is O=C(COC(=O)c1ccc(-c2ccc(O)cc2)cc1)Nc1nc(-c2cc(F)ccc2F)cs1.